The quantitative estimate of drug-likeness (QED) is 0.775. The Morgan fingerprint density at radius 1 is 1.12 bits per heavy atom. The molecule has 4 rings (SSSR count). The summed E-state index contributed by atoms with van der Waals surface area (Å²) in [5.74, 6) is -0.164. The number of hydrogen-bond acceptors (Lipinski definition) is 5. The van der Waals surface area contributed by atoms with Gasteiger partial charge in [-0.15, -0.1) is 0 Å². The fraction of sp³-hybridized carbons (Fsp3) is 0.529. The second kappa shape index (κ2) is 5.54. The molecule has 3 heterocycles. The van der Waals surface area contributed by atoms with Crippen LogP contribution in [0.5, 0.6) is 0 Å². The van der Waals surface area contributed by atoms with E-state index in [4.69, 9.17) is 0 Å². The summed E-state index contributed by atoms with van der Waals surface area (Å²) in [6.07, 6.45) is 4.51. The largest absolute Gasteiger partial charge is 0.325 e. The Morgan fingerprint density at radius 2 is 1.72 bits per heavy atom. The fourth-order valence-electron chi connectivity index (χ4n) is 4.27. The van der Waals surface area contributed by atoms with Gasteiger partial charge in [0, 0.05) is 18.3 Å². The molecule has 1 aromatic carbocycles. The zero-order valence-corrected chi connectivity index (χ0v) is 14.8. The van der Waals surface area contributed by atoms with Crippen molar-refractivity contribution in [2.45, 2.75) is 54.7 Å². The second-order valence-corrected chi connectivity index (χ2v) is 9.38. The van der Waals surface area contributed by atoms with Crippen LogP contribution in [0.3, 0.4) is 0 Å². The van der Waals surface area contributed by atoms with Crippen molar-refractivity contribution in [3.05, 3.63) is 29.8 Å². The molecule has 1 aromatic rings. The molecule has 2 N–H and O–H groups in total. The molecule has 3 saturated heterocycles. The molecule has 0 aromatic heterocycles. The Kier molecular flexibility index (Phi) is 3.66. The first-order chi connectivity index (χ1) is 11.8. The summed E-state index contributed by atoms with van der Waals surface area (Å²) in [6.45, 7) is 0.152. The highest BCUT2D eigenvalue weighted by molar-refractivity contribution is 7.90. The first-order valence-corrected chi connectivity index (χ1v) is 10.4. The summed E-state index contributed by atoms with van der Waals surface area (Å²) in [5.41, 5.74) is -0.0502. The summed E-state index contributed by atoms with van der Waals surface area (Å²) in [7, 11) is -3.26. The molecular weight excluding hydrogens is 342 g/mol. The molecule has 8 heteroatoms. The summed E-state index contributed by atoms with van der Waals surface area (Å²) >= 11 is 0. The van der Waals surface area contributed by atoms with Crippen LogP contribution >= 0.6 is 0 Å². The van der Waals surface area contributed by atoms with Crippen molar-refractivity contribution in [2.24, 2.45) is 0 Å². The molecule has 1 spiro atoms. The molecule has 3 fully saturated rings. The van der Waals surface area contributed by atoms with E-state index in [2.05, 4.69) is 10.6 Å². The van der Waals surface area contributed by atoms with Crippen molar-refractivity contribution < 1.29 is 18.0 Å². The van der Waals surface area contributed by atoms with Gasteiger partial charge in [0.2, 0.25) is 0 Å². The van der Waals surface area contributed by atoms with Crippen molar-refractivity contribution in [1.29, 1.82) is 0 Å². The van der Waals surface area contributed by atoms with Crippen molar-refractivity contribution in [3.8, 4) is 0 Å². The molecule has 0 saturated carbocycles. The lowest BCUT2D eigenvalue weighted by atomic mass is 9.84. The summed E-state index contributed by atoms with van der Waals surface area (Å²) in [5, 5.41) is 6.41. The first kappa shape index (κ1) is 16.5. The molecule has 0 radical (unpaired) electrons. The molecule has 3 amide bonds. The zero-order valence-electron chi connectivity index (χ0n) is 14.0. The maximum absolute atomic E-state index is 13.0. The summed E-state index contributed by atoms with van der Waals surface area (Å²) < 4.78 is 23.1. The molecule has 25 heavy (non-hydrogen) atoms. The van der Waals surface area contributed by atoms with Crippen LogP contribution in [0.15, 0.2) is 29.2 Å². The topological polar surface area (TPSA) is 95.6 Å². The van der Waals surface area contributed by atoms with Crippen LogP contribution in [0.1, 0.15) is 31.2 Å². The predicted octanol–water partition coefficient (Wildman–Crippen LogP) is 0.795. The molecular formula is C17H21N3O4S. The molecule has 134 valence electrons. The van der Waals surface area contributed by atoms with E-state index >= 15 is 0 Å². The van der Waals surface area contributed by atoms with Gasteiger partial charge >= 0.3 is 6.03 Å². The molecule has 2 bridgehead atoms. The van der Waals surface area contributed by atoms with Crippen molar-refractivity contribution in [2.75, 3.05) is 6.26 Å². The number of carbonyl (C=O) groups excluding carboxylic acids is 2. The van der Waals surface area contributed by atoms with Crippen LogP contribution in [-0.2, 0) is 21.2 Å². The van der Waals surface area contributed by atoms with Crippen LogP contribution in [-0.4, -0.2) is 49.1 Å². The maximum Gasteiger partial charge on any atom is 0.325 e. The van der Waals surface area contributed by atoms with Crippen LogP contribution in [0.2, 0.25) is 0 Å². The van der Waals surface area contributed by atoms with E-state index in [-0.39, 0.29) is 35.5 Å². The van der Waals surface area contributed by atoms with Gasteiger partial charge in [-0.2, -0.15) is 0 Å². The SMILES string of the molecule is CS(=O)(=O)c1ccc(CN2C(=O)NC3(CC4CCC(C3)N4)C2=O)cc1. The lowest BCUT2D eigenvalue weighted by Crippen LogP contribution is -2.57. The van der Waals surface area contributed by atoms with Gasteiger partial charge in [-0.25, -0.2) is 13.2 Å². The fourth-order valence-corrected chi connectivity index (χ4v) is 4.90. The van der Waals surface area contributed by atoms with Gasteiger partial charge in [0.25, 0.3) is 5.91 Å². The number of rotatable bonds is 3. The van der Waals surface area contributed by atoms with Crippen molar-refractivity contribution in [1.82, 2.24) is 15.5 Å². The lowest BCUT2D eigenvalue weighted by molar-refractivity contribution is -0.133. The van der Waals surface area contributed by atoms with E-state index in [1.165, 1.54) is 17.0 Å². The number of imide groups is 1. The van der Waals surface area contributed by atoms with Gasteiger partial charge < -0.3 is 10.6 Å². The van der Waals surface area contributed by atoms with Gasteiger partial charge in [0.05, 0.1) is 11.4 Å². The number of urea groups is 1. The highest BCUT2D eigenvalue weighted by Crippen LogP contribution is 2.38. The minimum absolute atomic E-state index is 0.152. The number of fused-ring (bicyclic) bond motifs is 2. The number of hydrogen-bond donors (Lipinski definition) is 2. The van der Waals surface area contributed by atoms with Gasteiger partial charge in [-0.3, -0.25) is 9.69 Å². The molecule has 2 unspecified atom stereocenters. The number of benzene rings is 1. The minimum atomic E-state index is -3.26. The highest BCUT2D eigenvalue weighted by Gasteiger charge is 2.56. The van der Waals surface area contributed by atoms with Crippen molar-refractivity contribution in [3.63, 3.8) is 0 Å². The van der Waals surface area contributed by atoms with E-state index in [1.807, 2.05) is 0 Å². The lowest BCUT2D eigenvalue weighted by Gasteiger charge is -2.36. The molecule has 7 nitrogen and oxygen atoms in total. The number of sulfone groups is 1. The summed E-state index contributed by atoms with van der Waals surface area (Å²) in [4.78, 5) is 26.8. The van der Waals surface area contributed by atoms with Gasteiger partial charge in [0.1, 0.15) is 5.54 Å². The zero-order chi connectivity index (χ0) is 17.8. The smallest absolute Gasteiger partial charge is 0.323 e. The monoisotopic (exact) mass is 363 g/mol. The average molecular weight is 363 g/mol. The highest BCUT2D eigenvalue weighted by atomic mass is 32.2. The number of amides is 3. The Labute approximate surface area is 146 Å². The third kappa shape index (κ3) is 2.83. The van der Waals surface area contributed by atoms with Crippen LogP contribution in [0.4, 0.5) is 4.79 Å². The predicted molar refractivity (Wildman–Crippen MR) is 90.5 cm³/mol. The molecule has 2 atom stereocenters. The number of carbonyl (C=O) groups is 2. The Balaban J connectivity index is 1.53. The Morgan fingerprint density at radius 3 is 2.28 bits per heavy atom. The first-order valence-electron chi connectivity index (χ1n) is 8.46. The number of piperidine rings is 1. The Bertz CT molecular complexity index is 822. The van der Waals surface area contributed by atoms with Gasteiger partial charge in [-0.05, 0) is 43.4 Å². The van der Waals surface area contributed by atoms with E-state index in [0.717, 1.165) is 24.7 Å². The van der Waals surface area contributed by atoms with Crippen LogP contribution in [0.25, 0.3) is 0 Å². The third-order valence-corrected chi connectivity index (χ3v) is 6.59. The average Bonchev–Trinajstić information content (AvgIpc) is 2.99. The molecule has 0 aliphatic carbocycles. The molecule has 3 aliphatic heterocycles. The maximum atomic E-state index is 13.0. The number of nitrogens with zero attached hydrogens (tertiary/aromatic N) is 1. The number of nitrogens with one attached hydrogen (secondary N) is 2. The third-order valence-electron chi connectivity index (χ3n) is 5.46. The Hall–Kier alpha value is -1.93. The van der Waals surface area contributed by atoms with Gasteiger partial charge in [0.15, 0.2) is 9.84 Å². The van der Waals surface area contributed by atoms with Crippen LogP contribution in [0, 0.1) is 0 Å². The van der Waals surface area contributed by atoms with E-state index < -0.39 is 15.4 Å². The normalized spacial score (nSPS) is 31.6. The summed E-state index contributed by atoms with van der Waals surface area (Å²) in [6, 6.07) is 6.52. The van der Waals surface area contributed by atoms with Gasteiger partial charge in [-0.1, -0.05) is 12.1 Å². The van der Waals surface area contributed by atoms with Crippen LogP contribution < -0.4 is 10.6 Å². The van der Waals surface area contributed by atoms with E-state index in [9.17, 15) is 18.0 Å². The van der Waals surface area contributed by atoms with E-state index in [1.54, 1.807) is 12.1 Å². The molecule has 3 aliphatic rings. The second-order valence-electron chi connectivity index (χ2n) is 7.37. The minimum Gasteiger partial charge on any atom is -0.323 e. The van der Waals surface area contributed by atoms with Crippen molar-refractivity contribution >= 4 is 21.8 Å². The van der Waals surface area contributed by atoms with E-state index in [0.29, 0.717) is 12.8 Å². The standard InChI is InChI=1S/C17H21N3O4S/c1-25(23,24)14-6-2-11(3-7-14)10-20-15(21)17(19-16(20)22)8-12-4-5-13(9-17)18-12/h2-3,6-7,12-13,18H,4-5,8-10H2,1H3,(H,19,22).